The largest absolute Gasteiger partial charge is 0.316 e. The Bertz CT molecular complexity index is 393. The normalized spacial score (nSPS) is 38.1. The van der Waals surface area contributed by atoms with Crippen molar-refractivity contribution in [2.45, 2.75) is 86.0 Å². The topological polar surface area (TPSA) is 12.0 Å². The maximum Gasteiger partial charge on any atom is 0.00202 e. The molecule has 1 nitrogen and oxygen atoms in total. The maximum atomic E-state index is 3.66. The Labute approximate surface area is 145 Å². The van der Waals surface area contributed by atoms with E-state index in [2.05, 4.69) is 18.3 Å². The summed E-state index contributed by atoms with van der Waals surface area (Å²) in [5.74, 6) is 3.85. The summed E-state index contributed by atoms with van der Waals surface area (Å²) in [6.07, 6.45) is 16.0. The van der Waals surface area contributed by atoms with Crippen LogP contribution < -0.4 is 5.32 Å². The summed E-state index contributed by atoms with van der Waals surface area (Å²) in [6.45, 7) is 9.14. The average molecular weight is 320 g/mol. The van der Waals surface area contributed by atoms with Gasteiger partial charge in [0.1, 0.15) is 0 Å². The lowest BCUT2D eigenvalue weighted by Gasteiger charge is -2.49. The minimum Gasteiger partial charge on any atom is -0.316 e. The first-order chi connectivity index (χ1) is 10.8. The molecule has 1 saturated heterocycles. The van der Waals surface area contributed by atoms with Crippen molar-refractivity contribution in [3.05, 3.63) is 11.6 Å². The highest BCUT2D eigenvalue weighted by atomic mass is 14.9. The third-order valence-electron chi connectivity index (χ3n) is 7.31. The van der Waals surface area contributed by atoms with Gasteiger partial charge in [-0.3, -0.25) is 0 Å². The highest BCUT2D eigenvalue weighted by Gasteiger charge is 2.43. The quantitative estimate of drug-likeness (QED) is 0.597. The lowest BCUT2D eigenvalue weighted by molar-refractivity contribution is 0.0337. The summed E-state index contributed by atoms with van der Waals surface area (Å²) in [5.41, 5.74) is 2.61. The molecule has 0 aromatic rings. The predicted molar refractivity (Wildman–Crippen MR) is 103 cm³/mol. The molecule has 1 aliphatic heterocycles. The number of hydrogen-bond acceptors (Lipinski definition) is 1. The van der Waals surface area contributed by atoms with Crippen molar-refractivity contribution in [2.75, 3.05) is 13.1 Å². The SMILES string of the molecule is C.CC.CC1(C2CCCC(C3=CCC[C@@H]4CNCC34)C2)CCC1. The molecule has 0 amide bonds. The molecule has 2 saturated carbocycles. The van der Waals surface area contributed by atoms with Gasteiger partial charge in [-0.25, -0.2) is 0 Å². The molecule has 3 unspecified atom stereocenters. The second-order valence-corrected chi connectivity index (χ2v) is 8.37. The Morgan fingerprint density at radius 1 is 1.04 bits per heavy atom. The fourth-order valence-electron chi connectivity index (χ4n) is 5.78. The summed E-state index contributed by atoms with van der Waals surface area (Å²) in [4.78, 5) is 0. The van der Waals surface area contributed by atoms with Gasteiger partial charge in [-0.2, -0.15) is 0 Å². The van der Waals surface area contributed by atoms with E-state index in [0.717, 1.165) is 29.1 Å². The molecule has 0 bridgehead atoms. The van der Waals surface area contributed by atoms with E-state index in [9.17, 15) is 0 Å². The predicted octanol–water partition coefficient (Wildman–Crippen LogP) is 6.20. The molecule has 134 valence electrons. The molecule has 3 aliphatic carbocycles. The van der Waals surface area contributed by atoms with E-state index in [1.54, 1.807) is 0 Å². The third kappa shape index (κ3) is 3.70. The zero-order valence-electron chi connectivity index (χ0n) is 15.2. The molecule has 0 aromatic carbocycles. The van der Waals surface area contributed by atoms with Crippen LogP contribution in [0.4, 0.5) is 0 Å². The molecule has 0 aromatic heterocycles. The minimum absolute atomic E-state index is 0. The molecule has 1 heterocycles. The van der Waals surface area contributed by atoms with Crippen LogP contribution in [0.25, 0.3) is 0 Å². The monoisotopic (exact) mass is 319 g/mol. The summed E-state index contributed by atoms with van der Waals surface area (Å²) in [5, 5.41) is 3.66. The van der Waals surface area contributed by atoms with Crippen molar-refractivity contribution >= 4 is 0 Å². The molecule has 0 radical (unpaired) electrons. The van der Waals surface area contributed by atoms with Crippen LogP contribution in [0.3, 0.4) is 0 Å². The minimum atomic E-state index is 0. The Balaban J connectivity index is 0.000000617. The van der Waals surface area contributed by atoms with Gasteiger partial charge < -0.3 is 5.32 Å². The molecule has 0 spiro atoms. The van der Waals surface area contributed by atoms with Crippen molar-refractivity contribution in [1.82, 2.24) is 5.32 Å². The van der Waals surface area contributed by atoms with E-state index in [4.69, 9.17) is 0 Å². The Morgan fingerprint density at radius 3 is 2.52 bits per heavy atom. The highest BCUT2D eigenvalue weighted by molar-refractivity contribution is 5.19. The second kappa shape index (κ2) is 8.19. The van der Waals surface area contributed by atoms with Gasteiger partial charge >= 0.3 is 0 Å². The van der Waals surface area contributed by atoms with E-state index >= 15 is 0 Å². The van der Waals surface area contributed by atoms with Crippen LogP contribution in [-0.2, 0) is 0 Å². The van der Waals surface area contributed by atoms with Crippen LogP contribution >= 0.6 is 0 Å². The first kappa shape index (κ1) is 19.0. The molecule has 1 heteroatoms. The third-order valence-corrected chi connectivity index (χ3v) is 7.31. The molecule has 1 N–H and O–H groups in total. The number of fused-ring (bicyclic) bond motifs is 1. The molecular formula is C22H41N. The van der Waals surface area contributed by atoms with Crippen LogP contribution in [0.5, 0.6) is 0 Å². The van der Waals surface area contributed by atoms with Gasteiger partial charge in [-0.15, -0.1) is 0 Å². The molecule has 4 rings (SSSR count). The number of rotatable bonds is 2. The number of hydrogen-bond donors (Lipinski definition) is 1. The number of nitrogens with one attached hydrogen (secondary N) is 1. The summed E-state index contributed by atoms with van der Waals surface area (Å²) in [7, 11) is 0. The van der Waals surface area contributed by atoms with Crippen LogP contribution in [0.1, 0.15) is 86.0 Å². The standard InChI is InChI=1S/C19H31N.C2H6.CH4/c1-19(9-4-10-19)16-7-2-5-14(11-16)17-8-3-6-15-12-20-13-18(15)17;1-2;/h8,14-16,18,20H,2-7,9-13H2,1H3;1-2H3;1H4/t14?,15-,16?,18?;;/m1../s1. The van der Waals surface area contributed by atoms with E-state index < -0.39 is 0 Å². The first-order valence-electron chi connectivity index (χ1n) is 10.2. The van der Waals surface area contributed by atoms with Crippen LogP contribution in [0.15, 0.2) is 11.6 Å². The van der Waals surface area contributed by atoms with Gasteiger partial charge in [0.15, 0.2) is 0 Å². The fraction of sp³-hybridized carbons (Fsp3) is 0.909. The van der Waals surface area contributed by atoms with Gasteiger partial charge in [0.2, 0.25) is 0 Å². The van der Waals surface area contributed by atoms with Crippen LogP contribution in [-0.4, -0.2) is 13.1 Å². The molecule has 23 heavy (non-hydrogen) atoms. The smallest absolute Gasteiger partial charge is 0.00202 e. The zero-order valence-corrected chi connectivity index (χ0v) is 15.2. The van der Waals surface area contributed by atoms with Crippen molar-refractivity contribution in [3.8, 4) is 0 Å². The average Bonchev–Trinajstić information content (AvgIpc) is 3.03. The van der Waals surface area contributed by atoms with Crippen molar-refractivity contribution < 1.29 is 0 Å². The summed E-state index contributed by atoms with van der Waals surface area (Å²) >= 11 is 0. The summed E-state index contributed by atoms with van der Waals surface area (Å²) in [6, 6.07) is 0. The van der Waals surface area contributed by atoms with E-state index in [1.807, 2.05) is 19.4 Å². The van der Waals surface area contributed by atoms with Crippen molar-refractivity contribution in [2.24, 2.45) is 29.1 Å². The summed E-state index contributed by atoms with van der Waals surface area (Å²) < 4.78 is 0. The fourth-order valence-corrected chi connectivity index (χ4v) is 5.78. The Kier molecular flexibility index (Phi) is 6.77. The maximum absolute atomic E-state index is 3.66. The van der Waals surface area contributed by atoms with Gasteiger partial charge in [0.05, 0.1) is 0 Å². The van der Waals surface area contributed by atoms with E-state index in [1.165, 1.54) is 70.9 Å². The van der Waals surface area contributed by atoms with Gasteiger partial charge in [-0.1, -0.05) is 52.7 Å². The lowest BCUT2D eigenvalue weighted by Crippen LogP contribution is -2.38. The van der Waals surface area contributed by atoms with Gasteiger partial charge in [0.25, 0.3) is 0 Å². The second-order valence-electron chi connectivity index (χ2n) is 8.37. The zero-order chi connectivity index (χ0) is 15.6. The molecule has 4 atom stereocenters. The van der Waals surface area contributed by atoms with Crippen molar-refractivity contribution in [1.29, 1.82) is 0 Å². The van der Waals surface area contributed by atoms with Crippen LogP contribution in [0, 0.1) is 29.1 Å². The van der Waals surface area contributed by atoms with Crippen molar-refractivity contribution in [3.63, 3.8) is 0 Å². The first-order valence-corrected chi connectivity index (χ1v) is 10.2. The van der Waals surface area contributed by atoms with Gasteiger partial charge in [0, 0.05) is 6.54 Å². The van der Waals surface area contributed by atoms with E-state index in [-0.39, 0.29) is 7.43 Å². The number of allylic oxidation sites excluding steroid dienone is 1. The molecule has 4 aliphatic rings. The van der Waals surface area contributed by atoms with E-state index in [0.29, 0.717) is 0 Å². The van der Waals surface area contributed by atoms with Gasteiger partial charge in [-0.05, 0) is 80.6 Å². The van der Waals surface area contributed by atoms with Crippen LogP contribution in [0.2, 0.25) is 0 Å². The Hall–Kier alpha value is -0.300. The highest BCUT2D eigenvalue weighted by Crippen LogP contribution is 2.54. The molecule has 3 fully saturated rings. The lowest BCUT2D eigenvalue weighted by atomic mass is 9.56. The Morgan fingerprint density at radius 2 is 1.83 bits per heavy atom. The molecular weight excluding hydrogens is 278 g/mol.